The Morgan fingerprint density at radius 3 is 2.95 bits per heavy atom. The Kier molecular flexibility index (Phi) is 7.84. The number of urea groups is 1. The Hall–Kier alpha value is -1.46. The summed E-state index contributed by atoms with van der Waals surface area (Å²) in [5.41, 5.74) is 0. The molecule has 0 aliphatic carbocycles. The van der Waals surface area contributed by atoms with Crippen LogP contribution < -0.4 is 15.4 Å². The average molecular weight is 301 g/mol. The summed E-state index contributed by atoms with van der Waals surface area (Å²) < 4.78 is 5.45. The third-order valence-electron chi connectivity index (χ3n) is 2.76. The van der Waals surface area contributed by atoms with E-state index in [9.17, 15) is 4.79 Å². The molecule has 3 N–H and O–H groups in total. The number of aliphatic hydroxyl groups excluding tert-OH is 1. The molecule has 0 radical (unpaired) electrons. The zero-order valence-corrected chi connectivity index (χ0v) is 12.3. The molecule has 0 aliphatic rings. The molecule has 0 saturated carbocycles. The van der Waals surface area contributed by atoms with Crippen molar-refractivity contribution in [2.75, 3.05) is 19.8 Å². The third-order valence-corrected chi connectivity index (χ3v) is 2.99. The van der Waals surface area contributed by atoms with Crippen molar-refractivity contribution in [2.45, 2.75) is 25.8 Å². The maximum absolute atomic E-state index is 11.6. The van der Waals surface area contributed by atoms with Crippen molar-refractivity contribution < 1.29 is 14.6 Å². The Labute approximate surface area is 124 Å². The average Bonchev–Trinajstić information content (AvgIpc) is 2.43. The van der Waals surface area contributed by atoms with Crippen LogP contribution in [-0.2, 0) is 0 Å². The van der Waals surface area contributed by atoms with Crippen LogP contribution in [-0.4, -0.2) is 36.9 Å². The molecule has 0 fully saturated rings. The lowest BCUT2D eigenvalue weighted by Gasteiger charge is -2.16. The smallest absolute Gasteiger partial charge is 0.315 e. The van der Waals surface area contributed by atoms with Crippen LogP contribution in [0.15, 0.2) is 24.3 Å². The molecule has 0 heterocycles. The Balaban J connectivity index is 2.18. The molecule has 112 valence electrons. The first-order chi connectivity index (χ1) is 9.65. The first-order valence-electron chi connectivity index (χ1n) is 6.69. The van der Waals surface area contributed by atoms with Gasteiger partial charge in [-0.2, -0.15) is 0 Å². The van der Waals surface area contributed by atoms with Gasteiger partial charge in [0.1, 0.15) is 12.4 Å². The van der Waals surface area contributed by atoms with Gasteiger partial charge >= 0.3 is 6.03 Å². The van der Waals surface area contributed by atoms with Gasteiger partial charge in [-0.05, 0) is 31.0 Å². The lowest BCUT2D eigenvalue weighted by molar-refractivity contribution is 0.224. The summed E-state index contributed by atoms with van der Waals surface area (Å²) in [6, 6.07) is 6.84. The maximum atomic E-state index is 11.6. The minimum Gasteiger partial charge on any atom is -0.492 e. The zero-order valence-electron chi connectivity index (χ0n) is 11.6. The molecule has 1 aromatic carbocycles. The summed E-state index contributed by atoms with van der Waals surface area (Å²) >= 11 is 5.83. The summed E-state index contributed by atoms with van der Waals surface area (Å²) in [5, 5.41) is 14.9. The molecule has 0 aromatic heterocycles. The topological polar surface area (TPSA) is 70.6 Å². The molecule has 2 amide bonds. The molecule has 1 atom stereocenters. The Morgan fingerprint density at radius 1 is 1.50 bits per heavy atom. The van der Waals surface area contributed by atoms with E-state index in [1.165, 1.54) is 0 Å². The van der Waals surface area contributed by atoms with Crippen LogP contribution in [0.2, 0.25) is 5.02 Å². The van der Waals surface area contributed by atoms with E-state index in [2.05, 4.69) is 10.6 Å². The van der Waals surface area contributed by atoms with Crippen molar-refractivity contribution >= 4 is 17.6 Å². The number of amides is 2. The number of ether oxygens (including phenoxy) is 1. The highest BCUT2D eigenvalue weighted by Gasteiger charge is 2.08. The summed E-state index contributed by atoms with van der Waals surface area (Å²) in [7, 11) is 0. The second kappa shape index (κ2) is 9.44. The molecule has 1 rings (SSSR count). The molecule has 5 nitrogen and oxygen atoms in total. The first-order valence-corrected chi connectivity index (χ1v) is 7.07. The van der Waals surface area contributed by atoms with Crippen molar-refractivity contribution in [3.05, 3.63) is 29.3 Å². The van der Waals surface area contributed by atoms with E-state index in [-0.39, 0.29) is 18.7 Å². The molecule has 1 unspecified atom stereocenters. The van der Waals surface area contributed by atoms with Crippen LogP contribution in [0.5, 0.6) is 5.75 Å². The summed E-state index contributed by atoms with van der Waals surface area (Å²) in [5.74, 6) is 0.673. The zero-order chi connectivity index (χ0) is 14.8. The van der Waals surface area contributed by atoms with Gasteiger partial charge in [0.05, 0.1) is 6.54 Å². The number of halogens is 1. The van der Waals surface area contributed by atoms with Gasteiger partial charge in [0, 0.05) is 17.7 Å². The minimum atomic E-state index is -0.250. The third kappa shape index (κ3) is 6.63. The monoisotopic (exact) mass is 300 g/mol. The molecular weight excluding hydrogens is 280 g/mol. The van der Waals surface area contributed by atoms with Crippen LogP contribution >= 0.6 is 11.6 Å². The molecular formula is C14H21ClN2O3. The fourth-order valence-electron chi connectivity index (χ4n) is 1.66. The lowest BCUT2D eigenvalue weighted by Crippen LogP contribution is -2.43. The van der Waals surface area contributed by atoms with Crippen molar-refractivity contribution in [3.8, 4) is 5.75 Å². The van der Waals surface area contributed by atoms with Crippen LogP contribution in [0.3, 0.4) is 0 Å². The van der Waals surface area contributed by atoms with E-state index in [4.69, 9.17) is 21.4 Å². The predicted octanol–water partition coefficient (Wildman–Crippen LogP) is 2.18. The van der Waals surface area contributed by atoms with Gasteiger partial charge in [-0.25, -0.2) is 4.79 Å². The maximum Gasteiger partial charge on any atom is 0.315 e. The Morgan fingerprint density at radius 2 is 2.30 bits per heavy atom. The van der Waals surface area contributed by atoms with E-state index >= 15 is 0 Å². The van der Waals surface area contributed by atoms with Gasteiger partial charge in [0.2, 0.25) is 0 Å². The molecule has 6 heteroatoms. The van der Waals surface area contributed by atoms with Gasteiger partial charge in [0.25, 0.3) is 0 Å². The summed E-state index contributed by atoms with van der Waals surface area (Å²) in [6.45, 7) is 2.79. The lowest BCUT2D eigenvalue weighted by atomic mass is 10.2. The van der Waals surface area contributed by atoms with E-state index in [1.54, 1.807) is 24.3 Å². The van der Waals surface area contributed by atoms with E-state index < -0.39 is 0 Å². The van der Waals surface area contributed by atoms with Gasteiger partial charge in [-0.3, -0.25) is 0 Å². The molecule has 0 spiro atoms. The van der Waals surface area contributed by atoms with Crippen LogP contribution in [0.25, 0.3) is 0 Å². The SMILES string of the molecule is CCC(CCO)NC(=O)NCCOc1cccc(Cl)c1. The second-order valence-corrected chi connectivity index (χ2v) is 4.76. The number of benzene rings is 1. The van der Waals surface area contributed by atoms with Gasteiger partial charge < -0.3 is 20.5 Å². The fraction of sp³-hybridized carbons (Fsp3) is 0.500. The van der Waals surface area contributed by atoms with Gasteiger partial charge in [0.15, 0.2) is 0 Å². The van der Waals surface area contributed by atoms with Crippen LogP contribution in [0, 0.1) is 0 Å². The number of hydrogen-bond donors (Lipinski definition) is 3. The van der Waals surface area contributed by atoms with E-state index in [1.807, 2.05) is 6.92 Å². The first kappa shape index (κ1) is 16.6. The molecule has 20 heavy (non-hydrogen) atoms. The molecule has 0 saturated heterocycles. The normalized spacial score (nSPS) is 11.8. The predicted molar refractivity (Wildman–Crippen MR) is 79.3 cm³/mol. The van der Waals surface area contributed by atoms with Gasteiger partial charge in [-0.1, -0.05) is 24.6 Å². The fourth-order valence-corrected chi connectivity index (χ4v) is 1.84. The molecule has 0 bridgehead atoms. The minimum absolute atomic E-state index is 0.00570. The van der Waals surface area contributed by atoms with Crippen molar-refractivity contribution in [1.82, 2.24) is 10.6 Å². The van der Waals surface area contributed by atoms with Crippen molar-refractivity contribution in [1.29, 1.82) is 0 Å². The van der Waals surface area contributed by atoms with Crippen LogP contribution in [0.1, 0.15) is 19.8 Å². The highest BCUT2D eigenvalue weighted by Crippen LogP contribution is 2.16. The van der Waals surface area contributed by atoms with Crippen molar-refractivity contribution in [2.24, 2.45) is 0 Å². The van der Waals surface area contributed by atoms with E-state index in [0.717, 1.165) is 6.42 Å². The highest BCUT2D eigenvalue weighted by atomic mass is 35.5. The summed E-state index contributed by atoms with van der Waals surface area (Å²) in [6.07, 6.45) is 1.34. The quantitative estimate of drug-likeness (QED) is 0.644. The molecule has 1 aromatic rings. The highest BCUT2D eigenvalue weighted by molar-refractivity contribution is 6.30. The number of aliphatic hydroxyl groups is 1. The van der Waals surface area contributed by atoms with Crippen molar-refractivity contribution in [3.63, 3.8) is 0 Å². The number of carbonyl (C=O) groups excluding carboxylic acids is 1. The summed E-state index contributed by atoms with van der Waals surface area (Å²) in [4.78, 5) is 11.6. The van der Waals surface area contributed by atoms with Crippen LogP contribution in [0.4, 0.5) is 4.79 Å². The number of rotatable bonds is 8. The largest absolute Gasteiger partial charge is 0.492 e. The second-order valence-electron chi connectivity index (χ2n) is 4.32. The Bertz CT molecular complexity index is 415. The standard InChI is InChI=1S/C14H21ClN2O3/c1-2-12(6-8-18)17-14(19)16-7-9-20-13-5-3-4-11(15)10-13/h3-5,10,12,18H,2,6-9H2,1H3,(H2,16,17,19). The van der Waals surface area contributed by atoms with E-state index in [0.29, 0.717) is 30.3 Å². The van der Waals surface area contributed by atoms with Gasteiger partial charge in [-0.15, -0.1) is 0 Å². The number of nitrogens with one attached hydrogen (secondary N) is 2. The molecule has 0 aliphatic heterocycles. The number of hydrogen-bond acceptors (Lipinski definition) is 3. The number of carbonyl (C=O) groups is 1.